The number of likely N-dealkylation sites (tertiary alicyclic amines) is 1. The van der Waals surface area contributed by atoms with Gasteiger partial charge in [0.05, 0.1) is 0 Å². The number of carbonyl (C=O) groups excluding carboxylic acids is 1. The minimum atomic E-state index is -0.562. The number of aliphatic imine (C=N–C) groups is 1. The van der Waals surface area contributed by atoms with Gasteiger partial charge in [-0.25, -0.2) is 4.99 Å². The maximum atomic E-state index is 11.0. The van der Waals surface area contributed by atoms with E-state index in [0.717, 1.165) is 19.0 Å². The van der Waals surface area contributed by atoms with Crippen LogP contribution in [0.5, 0.6) is 0 Å². The molecule has 6 heteroatoms. The van der Waals surface area contributed by atoms with Crippen LogP contribution in [-0.2, 0) is 6.54 Å². The second-order valence-corrected chi connectivity index (χ2v) is 6.83. The monoisotopic (exact) mass is 306 g/mol. The predicted octanol–water partition coefficient (Wildman–Crippen LogP) is 1.96. The average Bonchev–Trinajstić information content (AvgIpc) is 2.90. The minimum Gasteiger partial charge on any atom is -0.454 e. The molecule has 0 radical (unpaired) electrons. The summed E-state index contributed by atoms with van der Waals surface area (Å²) in [7, 11) is 0. The number of nitrogens with two attached hydrogens (primary N) is 1. The molecule has 0 aromatic carbocycles. The van der Waals surface area contributed by atoms with E-state index in [1.807, 2.05) is 6.92 Å². The highest BCUT2D eigenvalue weighted by atomic mass is 16.3. The summed E-state index contributed by atoms with van der Waals surface area (Å²) in [5.74, 6) is 1.10. The number of hydrogen-bond acceptors (Lipinski definition) is 3. The number of guanidine groups is 1. The fourth-order valence-electron chi connectivity index (χ4n) is 2.54. The molecule has 22 heavy (non-hydrogen) atoms. The van der Waals surface area contributed by atoms with E-state index in [1.165, 1.54) is 0 Å². The highest BCUT2D eigenvalue weighted by molar-refractivity contribution is 5.89. The summed E-state index contributed by atoms with van der Waals surface area (Å²) in [4.78, 5) is 17.9. The van der Waals surface area contributed by atoms with Crippen molar-refractivity contribution in [1.82, 2.24) is 10.2 Å². The smallest absolute Gasteiger partial charge is 0.284 e. The lowest BCUT2D eigenvalue weighted by Crippen LogP contribution is -2.72. The van der Waals surface area contributed by atoms with E-state index >= 15 is 0 Å². The number of hydrogen-bond donors (Lipinski definition) is 2. The lowest BCUT2D eigenvalue weighted by Gasteiger charge is -2.62. The van der Waals surface area contributed by atoms with E-state index in [-0.39, 0.29) is 16.7 Å². The van der Waals surface area contributed by atoms with Crippen LogP contribution < -0.4 is 11.1 Å². The van der Waals surface area contributed by atoms with Gasteiger partial charge in [-0.3, -0.25) is 4.79 Å². The molecule has 1 aromatic heterocycles. The van der Waals surface area contributed by atoms with Gasteiger partial charge in [-0.2, -0.15) is 0 Å². The van der Waals surface area contributed by atoms with Crippen molar-refractivity contribution in [3.05, 3.63) is 23.7 Å². The van der Waals surface area contributed by atoms with Gasteiger partial charge < -0.3 is 20.4 Å². The van der Waals surface area contributed by atoms with Gasteiger partial charge in [-0.05, 0) is 32.9 Å². The highest BCUT2D eigenvalue weighted by Crippen LogP contribution is 2.46. The molecule has 1 aliphatic rings. The Labute approximate surface area is 131 Å². The zero-order valence-corrected chi connectivity index (χ0v) is 14.1. The zero-order valence-electron chi connectivity index (χ0n) is 14.1. The lowest BCUT2D eigenvalue weighted by molar-refractivity contribution is -0.0668. The quantitative estimate of drug-likeness (QED) is 0.658. The summed E-state index contributed by atoms with van der Waals surface area (Å²) in [6.45, 7) is 13.2. The van der Waals surface area contributed by atoms with Crippen molar-refractivity contribution in [2.75, 3.05) is 13.1 Å². The van der Waals surface area contributed by atoms with Crippen LogP contribution in [0, 0.1) is 5.41 Å². The second-order valence-electron chi connectivity index (χ2n) is 6.83. The van der Waals surface area contributed by atoms with Crippen molar-refractivity contribution in [3.8, 4) is 0 Å². The van der Waals surface area contributed by atoms with Crippen LogP contribution in [0.15, 0.2) is 21.5 Å². The summed E-state index contributed by atoms with van der Waals surface area (Å²) in [6.07, 6.45) is 0. The Kier molecular flexibility index (Phi) is 4.22. The molecule has 0 atom stereocenters. The van der Waals surface area contributed by atoms with E-state index < -0.39 is 5.91 Å². The standard InChI is InChI=1S/C16H26N4O2/c1-6-18-14(20-10-15(2,3)16(20,4)5)19-9-11-7-8-12(22-11)13(17)21/h7-8H,6,9-10H2,1-5H3,(H2,17,21)(H,18,19). The third kappa shape index (κ3) is 2.82. The van der Waals surface area contributed by atoms with Crippen molar-refractivity contribution in [3.63, 3.8) is 0 Å². The van der Waals surface area contributed by atoms with Gasteiger partial charge in [0.1, 0.15) is 12.3 Å². The van der Waals surface area contributed by atoms with E-state index in [1.54, 1.807) is 12.1 Å². The molecule has 3 N–H and O–H groups in total. The molecular formula is C16H26N4O2. The number of nitrogens with zero attached hydrogens (tertiary/aromatic N) is 2. The molecule has 1 amide bonds. The van der Waals surface area contributed by atoms with Gasteiger partial charge in [0, 0.05) is 24.0 Å². The minimum absolute atomic E-state index is 0.0373. The predicted molar refractivity (Wildman–Crippen MR) is 86.6 cm³/mol. The number of amides is 1. The van der Waals surface area contributed by atoms with Crippen LogP contribution in [0.25, 0.3) is 0 Å². The van der Waals surface area contributed by atoms with Crippen molar-refractivity contribution in [2.45, 2.75) is 46.7 Å². The molecule has 0 saturated carbocycles. The van der Waals surface area contributed by atoms with Crippen LogP contribution in [-0.4, -0.2) is 35.4 Å². The van der Waals surface area contributed by atoms with Crippen molar-refractivity contribution in [2.24, 2.45) is 16.1 Å². The summed E-state index contributed by atoms with van der Waals surface area (Å²) in [6, 6.07) is 3.31. The van der Waals surface area contributed by atoms with Crippen molar-refractivity contribution in [1.29, 1.82) is 0 Å². The molecule has 122 valence electrons. The molecule has 1 fully saturated rings. The van der Waals surface area contributed by atoms with E-state index in [9.17, 15) is 4.79 Å². The maximum absolute atomic E-state index is 11.0. The average molecular weight is 306 g/mol. The Morgan fingerprint density at radius 1 is 1.41 bits per heavy atom. The van der Waals surface area contributed by atoms with Crippen molar-refractivity contribution < 1.29 is 9.21 Å². The normalized spacial score (nSPS) is 19.7. The maximum Gasteiger partial charge on any atom is 0.284 e. The first-order chi connectivity index (χ1) is 10.2. The fraction of sp³-hybridized carbons (Fsp3) is 0.625. The van der Waals surface area contributed by atoms with Gasteiger partial charge in [-0.15, -0.1) is 0 Å². The first kappa shape index (κ1) is 16.4. The Hall–Kier alpha value is -1.98. The van der Waals surface area contributed by atoms with E-state index in [0.29, 0.717) is 12.3 Å². The van der Waals surface area contributed by atoms with Crippen molar-refractivity contribution >= 4 is 11.9 Å². The second kappa shape index (κ2) is 5.66. The number of carbonyl (C=O) groups is 1. The Morgan fingerprint density at radius 2 is 2.09 bits per heavy atom. The van der Waals surface area contributed by atoms with Crippen LogP contribution in [0.2, 0.25) is 0 Å². The first-order valence-corrected chi connectivity index (χ1v) is 7.63. The van der Waals surface area contributed by atoms with Crippen LogP contribution >= 0.6 is 0 Å². The molecule has 0 bridgehead atoms. The molecule has 2 rings (SSSR count). The van der Waals surface area contributed by atoms with E-state index in [4.69, 9.17) is 10.2 Å². The number of furan rings is 1. The highest BCUT2D eigenvalue weighted by Gasteiger charge is 2.53. The van der Waals surface area contributed by atoms with Gasteiger partial charge in [0.25, 0.3) is 5.91 Å². The molecule has 1 aromatic rings. The Bertz CT molecular complexity index is 587. The van der Waals surface area contributed by atoms with Gasteiger partial charge >= 0.3 is 0 Å². The molecule has 2 heterocycles. The van der Waals surface area contributed by atoms with Gasteiger partial charge in [-0.1, -0.05) is 13.8 Å². The molecule has 0 unspecified atom stereocenters. The van der Waals surface area contributed by atoms with Crippen LogP contribution in [0.1, 0.15) is 50.9 Å². The molecule has 6 nitrogen and oxygen atoms in total. The summed E-state index contributed by atoms with van der Waals surface area (Å²) >= 11 is 0. The molecular weight excluding hydrogens is 280 g/mol. The zero-order chi connectivity index (χ0) is 16.5. The molecule has 0 aliphatic carbocycles. The summed E-state index contributed by atoms with van der Waals surface area (Å²) in [5, 5.41) is 3.32. The van der Waals surface area contributed by atoms with Gasteiger partial charge in [0.15, 0.2) is 11.7 Å². The number of nitrogens with one attached hydrogen (secondary N) is 1. The first-order valence-electron chi connectivity index (χ1n) is 7.63. The molecule has 0 spiro atoms. The number of primary amides is 1. The van der Waals surface area contributed by atoms with Gasteiger partial charge in [0.2, 0.25) is 0 Å². The Morgan fingerprint density at radius 3 is 2.55 bits per heavy atom. The SMILES string of the molecule is CCNC(=NCc1ccc(C(N)=O)o1)N1CC(C)(C)C1(C)C. The fourth-order valence-corrected chi connectivity index (χ4v) is 2.54. The largest absolute Gasteiger partial charge is 0.454 e. The summed E-state index contributed by atoms with van der Waals surface area (Å²) in [5.41, 5.74) is 5.47. The molecule has 1 aliphatic heterocycles. The van der Waals surface area contributed by atoms with Crippen LogP contribution in [0.3, 0.4) is 0 Å². The number of rotatable bonds is 4. The topological polar surface area (TPSA) is 83.9 Å². The molecule has 1 saturated heterocycles. The Balaban J connectivity index is 2.12. The summed E-state index contributed by atoms with van der Waals surface area (Å²) < 4.78 is 5.37. The third-order valence-electron chi connectivity index (χ3n) is 4.76. The third-order valence-corrected chi connectivity index (χ3v) is 4.76. The van der Waals surface area contributed by atoms with Crippen LogP contribution in [0.4, 0.5) is 0 Å². The lowest BCUT2D eigenvalue weighted by atomic mass is 9.65. The van der Waals surface area contributed by atoms with E-state index in [2.05, 4.69) is 42.9 Å².